The van der Waals surface area contributed by atoms with Gasteiger partial charge in [0, 0.05) is 24.2 Å². The number of benzene rings is 1. The van der Waals surface area contributed by atoms with E-state index in [4.69, 9.17) is 10.9 Å². The summed E-state index contributed by atoms with van der Waals surface area (Å²) < 4.78 is 40.7. The Bertz CT molecular complexity index is 574. The minimum Gasteiger partial charge on any atom is -0.409 e. The molecule has 0 aliphatic rings. The van der Waals surface area contributed by atoms with E-state index in [-0.39, 0.29) is 30.1 Å². The van der Waals surface area contributed by atoms with E-state index in [0.29, 0.717) is 0 Å². The average molecular weight is 290 g/mol. The fourth-order valence-electron chi connectivity index (χ4n) is 1.32. The smallest absolute Gasteiger partial charge is 0.277 e. The Morgan fingerprint density at radius 3 is 2.68 bits per heavy atom. The third-order valence-electron chi connectivity index (χ3n) is 2.24. The van der Waals surface area contributed by atoms with Crippen molar-refractivity contribution >= 4 is 16.0 Å². The Morgan fingerprint density at radius 1 is 1.47 bits per heavy atom. The summed E-state index contributed by atoms with van der Waals surface area (Å²) in [5.74, 6) is -0.873. The van der Waals surface area contributed by atoms with Gasteiger partial charge in [-0.15, -0.1) is 0 Å². The lowest BCUT2D eigenvalue weighted by Gasteiger charge is -2.08. The number of halogens is 1. The number of hydrogen-bond acceptors (Lipinski definition) is 4. The number of nitrogens with one attached hydrogen (secondary N) is 2. The first-order valence-corrected chi connectivity index (χ1v) is 6.88. The van der Waals surface area contributed by atoms with Crippen LogP contribution in [0.15, 0.2) is 23.4 Å². The maximum atomic E-state index is 13.7. The van der Waals surface area contributed by atoms with Crippen molar-refractivity contribution in [3.05, 3.63) is 35.1 Å². The summed E-state index contributed by atoms with van der Waals surface area (Å²) >= 11 is 0. The quantitative estimate of drug-likeness (QED) is 0.252. The molecule has 5 N–H and O–H groups in total. The lowest BCUT2D eigenvalue weighted by Crippen LogP contribution is -2.36. The number of oxime groups is 1. The number of amidine groups is 1. The van der Waals surface area contributed by atoms with Gasteiger partial charge in [0.15, 0.2) is 5.84 Å². The first-order chi connectivity index (χ1) is 8.89. The van der Waals surface area contributed by atoms with Crippen molar-refractivity contribution in [2.75, 3.05) is 6.54 Å². The van der Waals surface area contributed by atoms with E-state index >= 15 is 0 Å². The molecule has 0 aliphatic heterocycles. The van der Waals surface area contributed by atoms with Gasteiger partial charge >= 0.3 is 0 Å². The topological polar surface area (TPSA) is 117 Å². The second-order valence-corrected chi connectivity index (χ2v) is 5.20. The number of hydrogen-bond donors (Lipinski definition) is 4. The van der Waals surface area contributed by atoms with Gasteiger partial charge in [0.1, 0.15) is 5.82 Å². The molecule has 0 bridgehead atoms. The minimum absolute atomic E-state index is 0.149. The molecule has 0 saturated heterocycles. The molecule has 0 atom stereocenters. The summed E-state index contributed by atoms with van der Waals surface area (Å²) in [5, 5.41) is 11.2. The molecule has 0 unspecified atom stereocenters. The molecular formula is C10H15FN4O3S. The Hall–Kier alpha value is -1.71. The molecule has 19 heavy (non-hydrogen) atoms. The third-order valence-corrected chi connectivity index (χ3v) is 3.44. The van der Waals surface area contributed by atoms with Gasteiger partial charge in [-0.2, -0.15) is 13.1 Å². The molecule has 0 aromatic heterocycles. The number of nitrogens with two attached hydrogens (primary N) is 1. The summed E-state index contributed by atoms with van der Waals surface area (Å²) in [6.07, 6.45) is 0. The van der Waals surface area contributed by atoms with Gasteiger partial charge in [-0.25, -0.2) is 9.11 Å². The first kappa shape index (κ1) is 15.3. The molecule has 0 fully saturated rings. The molecule has 0 amide bonds. The Labute approximate surface area is 110 Å². The normalized spacial score (nSPS) is 12.6. The zero-order valence-electron chi connectivity index (χ0n) is 10.2. The predicted octanol–water partition coefficient (Wildman–Crippen LogP) is -0.136. The Kier molecular flexibility index (Phi) is 5.21. The van der Waals surface area contributed by atoms with Crippen molar-refractivity contribution in [3.8, 4) is 0 Å². The first-order valence-electron chi connectivity index (χ1n) is 5.40. The van der Waals surface area contributed by atoms with Crippen LogP contribution in [0.5, 0.6) is 0 Å². The fourth-order valence-corrected chi connectivity index (χ4v) is 2.15. The van der Waals surface area contributed by atoms with Crippen molar-refractivity contribution in [1.29, 1.82) is 0 Å². The summed E-state index contributed by atoms with van der Waals surface area (Å²) in [5.41, 5.74) is 5.66. The van der Waals surface area contributed by atoms with Crippen LogP contribution in [-0.2, 0) is 16.8 Å². The monoisotopic (exact) mass is 290 g/mol. The number of rotatable bonds is 6. The molecule has 0 saturated carbocycles. The highest BCUT2D eigenvalue weighted by molar-refractivity contribution is 7.87. The van der Waals surface area contributed by atoms with E-state index in [0.717, 1.165) is 6.07 Å². The molecule has 106 valence electrons. The van der Waals surface area contributed by atoms with Gasteiger partial charge < -0.3 is 10.9 Å². The summed E-state index contributed by atoms with van der Waals surface area (Å²) in [4.78, 5) is 0. The van der Waals surface area contributed by atoms with Crippen LogP contribution in [0.2, 0.25) is 0 Å². The molecule has 0 spiro atoms. The highest BCUT2D eigenvalue weighted by Gasteiger charge is 2.11. The molecule has 0 radical (unpaired) electrons. The largest absolute Gasteiger partial charge is 0.409 e. The van der Waals surface area contributed by atoms with E-state index in [1.807, 2.05) is 0 Å². The van der Waals surface area contributed by atoms with Gasteiger partial charge in [-0.3, -0.25) is 0 Å². The zero-order chi connectivity index (χ0) is 14.5. The summed E-state index contributed by atoms with van der Waals surface area (Å²) in [6, 6.07) is 3.85. The van der Waals surface area contributed by atoms with Crippen LogP contribution in [0.4, 0.5) is 4.39 Å². The van der Waals surface area contributed by atoms with E-state index in [1.54, 1.807) is 6.92 Å². The van der Waals surface area contributed by atoms with E-state index in [1.165, 1.54) is 12.1 Å². The van der Waals surface area contributed by atoms with E-state index < -0.39 is 16.0 Å². The highest BCUT2D eigenvalue weighted by atomic mass is 32.2. The SMILES string of the molecule is CCNS(=O)(=O)NCc1ccc(/C(N)=N/O)cc1F. The van der Waals surface area contributed by atoms with Crippen molar-refractivity contribution in [3.63, 3.8) is 0 Å². The second-order valence-electron chi connectivity index (χ2n) is 3.61. The predicted molar refractivity (Wildman–Crippen MR) is 68.3 cm³/mol. The second kappa shape index (κ2) is 6.45. The van der Waals surface area contributed by atoms with Crippen molar-refractivity contribution in [2.24, 2.45) is 10.9 Å². The standard InChI is InChI=1S/C10H15FN4O3S/c1-2-13-19(17,18)14-6-8-4-3-7(5-9(8)11)10(12)15-16/h3-5,13-14,16H,2,6H2,1H3,(H2,12,15). The number of nitrogens with zero attached hydrogens (tertiary/aromatic N) is 1. The molecule has 1 rings (SSSR count). The fraction of sp³-hybridized carbons (Fsp3) is 0.300. The van der Waals surface area contributed by atoms with Crippen molar-refractivity contribution < 1.29 is 18.0 Å². The molecular weight excluding hydrogens is 275 g/mol. The van der Waals surface area contributed by atoms with E-state index in [2.05, 4.69) is 14.6 Å². The zero-order valence-corrected chi connectivity index (χ0v) is 11.0. The van der Waals surface area contributed by atoms with E-state index in [9.17, 15) is 12.8 Å². The maximum absolute atomic E-state index is 13.7. The third kappa shape index (κ3) is 4.47. The van der Waals surface area contributed by atoms with Gasteiger partial charge in [0.25, 0.3) is 10.2 Å². The highest BCUT2D eigenvalue weighted by Crippen LogP contribution is 2.10. The van der Waals surface area contributed by atoms with Crippen LogP contribution in [0, 0.1) is 5.82 Å². The molecule has 0 aliphatic carbocycles. The average Bonchev–Trinajstić information content (AvgIpc) is 2.36. The van der Waals surface area contributed by atoms with Crippen LogP contribution in [0.3, 0.4) is 0 Å². The molecule has 1 aromatic rings. The van der Waals surface area contributed by atoms with Gasteiger partial charge in [-0.1, -0.05) is 24.2 Å². The van der Waals surface area contributed by atoms with Gasteiger partial charge in [-0.05, 0) is 6.07 Å². The maximum Gasteiger partial charge on any atom is 0.277 e. The van der Waals surface area contributed by atoms with Crippen molar-refractivity contribution in [1.82, 2.24) is 9.44 Å². The minimum atomic E-state index is -3.63. The molecule has 7 nitrogen and oxygen atoms in total. The van der Waals surface area contributed by atoms with Gasteiger partial charge in [0.2, 0.25) is 0 Å². The van der Waals surface area contributed by atoms with Crippen molar-refractivity contribution in [2.45, 2.75) is 13.5 Å². The van der Waals surface area contributed by atoms with Crippen LogP contribution in [0.1, 0.15) is 18.1 Å². The van der Waals surface area contributed by atoms with Gasteiger partial charge in [0.05, 0.1) is 0 Å². The van der Waals surface area contributed by atoms with Crippen LogP contribution in [-0.4, -0.2) is 26.0 Å². The Morgan fingerprint density at radius 2 is 2.16 bits per heavy atom. The summed E-state index contributed by atoms with van der Waals surface area (Å²) in [6.45, 7) is 1.67. The lowest BCUT2D eigenvalue weighted by molar-refractivity contribution is 0.318. The molecule has 9 heteroatoms. The molecule has 1 aromatic carbocycles. The molecule has 0 heterocycles. The van der Waals surface area contributed by atoms with Crippen LogP contribution < -0.4 is 15.2 Å². The summed E-state index contributed by atoms with van der Waals surface area (Å²) in [7, 11) is -3.63. The Balaban J connectivity index is 2.82. The van der Waals surface area contributed by atoms with Crippen LogP contribution >= 0.6 is 0 Å². The lowest BCUT2D eigenvalue weighted by atomic mass is 10.1. The van der Waals surface area contributed by atoms with Crippen LogP contribution in [0.25, 0.3) is 0 Å².